The number of carbonyl (C=O) groups is 2. The van der Waals surface area contributed by atoms with E-state index in [-0.39, 0.29) is 11.8 Å². The molecule has 0 fully saturated rings. The monoisotopic (exact) mass is 340 g/mol. The molecular weight excluding hydrogens is 316 g/mol. The summed E-state index contributed by atoms with van der Waals surface area (Å²) in [5.41, 5.74) is 3.23. The van der Waals surface area contributed by atoms with Gasteiger partial charge in [0.25, 0.3) is 5.91 Å². The minimum Gasteiger partial charge on any atom is -0.496 e. The summed E-state index contributed by atoms with van der Waals surface area (Å²) in [5, 5.41) is 5.58. The van der Waals surface area contributed by atoms with E-state index in [9.17, 15) is 9.59 Å². The molecule has 0 aliphatic heterocycles. The zero-order valence-electron chi connectivity index (χ0n) is 15.1. The van der Waals surface area contributed by atoms with Gasteiger partial charge in [0.05, 0.1) is 7.11 Å². The number of hydrogen-bond donors (Lipinski definition) is 2. The third-order valence-corrected chi connectivity index (χ3v) is 3.81. The Morgan fingerprint density at radius 2 is 1.88 bits per heavy atom. The fraction of sp³-hybridized carbons (Fsp3) is 0.300. The highest BCUT2D eigenvalue weighted by Crippen LogP contribution is 2.27. The Kier molecular flexibility index (Phi) is 6.17. The molecule has 0 bridgehead atoms. The van der Waals surface area contributed by atoms with Gasteiger partial charge in [-0.25, -0.2) is 0 Å². The SMILES string of the molecule is COc1ccc(CNC(=O)c2cccc(NC(C)=O)c2)cc1C(C)C. The predicted octanol–water partition coefficient (Wildman–Crippen LogP) is 3.71. The molecule has 25 heavy (non-hydrogen) atoms. The van der Waals surface area contributed by atoms with Crippen molar-refractivity contribution in [3.63, 3.8) is 0 Å². The molecule has 5 heteroatoms. The molecule has 0 saturated carbocycles. The molecule has 0 heterocycles. The summed E-state index contributed by atoms with van der Waals surface area (Å²) in [6.07, 6.45) is 0. The van der Waals surface area contributed by atoms with Crippen LogP contribution in [-0.2, 0) is 11.3 Å². The molecule has 0 unspecified atom stereocenters. The van der Waals surface area contributed by atoms with Crippen LogP contribution in [0.2, 0.25) is 0 Å². The van der Waals surface area contributed by atoms with Gasteiger partial charge in [-0.3, -0.25) is 9.59 Å². The first-order valence-corrected chi connectivity index (χ1v) is 8.23. The molecule has 2 N–H and O–H groups in total. The normalized spacial score (nSPS) is 10.4. The summed E-state index contributed by atoms with van der Waals surface area (Å²) in [5.74, 6) is 0.833. The van der Waals surface area contributed by atoms with Crippen molar-refractivity contribution in [2.45, 2.75) is 33.2 Å². The van der Waals surface area contributed by atoms with Crippen molar-refractivity contribution in [1.29, 1.82) is 0 Å². The molecule has 0 atom stereocenters. The molecule has 132 valence electrons. The van der Waals surface area contributed by atoms with E-state index in [1.54, 1.807) is 31.4 Å². The van der Waals surface area contributed by atoms with E-state index >= 15 is 0 Å². The maximum atomic E-state index is 12.3. The second-order valence-corrected chi connectivity index (χ2v) is 6.18. The highest BCUT2D eigenvalue weighted by atomic mass is 16.5. The number of hydrogen-bond acceptors (Lipinski definition) is 3. The minimum absolute atomic E-state index is 0.169. The first kappa shape index (κ1) is 18.5. The molecule has 2 rings (SSSR count). The summed E-state index contributed by atoms with van der Waals surface area (Å²) in [6, 6.07) is 12.8. The number of ether oxygens (including phenoxy) is 1. The van der Waals surface area contributed by atoms with Gasteiger partial charge in [0.1, 0.15) is 5.75 Å². The molecular formula is C20H24N2O3. The smallest absolute Gasteiger partial charge is 0.251 e. The van der Waals surface area contributed by atoms with Crippen LogP contribution in [0.25, 0.3) is 0 Å². The second kappa shape index (κ2) is 8.33. The van der Waals surface area contributed by atoms with Crippen LogP contribution in [0.15, 0.2) is 42.5 Å². The Bertz CT molecular complexity index is 769. The van der Waals surface area contributed by atoms with E-state index in [2.05, 4.69) is 30.5 Å². The Balaban J connectivity index is 2.07. The van der Waals surface area contributed by atoms with Crippen molar-refractivity contribution < 1.29 is 14.3 Å². The number of methoxy groups -OCH3 is 1. The van der Waals surface area contributed by atoms with Gasteiger partial charge >= 0.3 is 0 Å². The molecule has 2 aromatic rings. The molecule has 0 spiro atoms. The van der Waals surface area contributed by atoms with Gasteiger partial charge in [0.2, 0.25) is 5.91 Å². The van der Waals surface area contributed by atoms with Crippen molar-refractivity contribution in [1.82, 2.24) is 5.32 Å². The van der Waals surface area contributed by atoms with E-state index < -0.39 is 0 Å². The van der Waals surface area contributed by atoms with Gasteiger partial charge in [0, 0.05) is 24.7 Å². The highest BCUT2D eigenvalue weighted by Gasteiger charge is 2.10. The van der Waals surface area contributed by atoms with Gasteiger partial charge < -0.3 is 15.4 Å². The van der Waals surface area contributed by atoms with Crippen LogP contribution < -0.4 is 15.4 Å². The number of nitrogens with one attached hydrogen (secondary N) is 2. The fourth-order valence-electron chi connectivity index (χ4n) is 2.57. The Labute approximate surface area is 148 Å². The van der Waals surface area contributed by atoms with Crippen molar-refractivity contribution in [3.8, 4) is 5.75 Å². The van der Waals surface area contributed by atoms with Gasteiger partial charge in [-0.1, -0.05) is 32.0 Å². The maximum absolute atomic E-state index is 12.3. The van der Waals surface area contributed by atoms with E-state index in [1.165, 1.54) is 6.92 Å². The van der Waals surface area contributed by atoms with Gasteiger partial charge in [0.15, 0.2) is 0 Å². The number of carbonyl (C=O) groups excluding carboxylic acids is 2. The van der Waals surface area contributed by atoms with Crippen LogP contribution in [0.3, 0.4) is 0 Å². The first-order chi connectivity index (χ1) is 11.9. The molecule has 5 nitrogen and oxygen atoms in total. The quantitative estimate of drug-likeness (QED) is 0.842. The molecule has 2 amide bonds. The molecule has 0 aliphatic rings. The molecule has 0 radical (unpaired) electrons. The van der Waals surface area contributed by atoms with Crippen molar-refractivity contribution in [2.75, 3.05) is 12.4 Å². The van der Waals surface area contributed by atoms with E-state index in [0.29, 0.717) is 23.7 Å². The third kappa shape index (κ3) is 5.08. The largest absolute Gasteiger partial charge is 0.496 e. The molecule has 2 aromatic carbocycles. The van der Waals surface area contributed by atoms with Crippen molar-refractivity contribution >= 4 is 17.5 Å². The number of anilines is 1. The molecule has 0 saturated heterocycles. The lowest BCUT2D eigenvalue weighted by atomic mass is 9.99. The van der Waals surface area contributed by atoms with E-state index in [0.717, 1.165) is 16.9 Å². The number of benzene rings is 2. The third-order valence-electron chi connectivity index (χ3n) is 3.81. The first-order valence-electron chi connectivity index (χ1n) is 8.23. The van der Waals surface area contributed by atoms with Gasteiger partial charge in [-0.05, 0) is 41.3 Å². The Morgan fingerprint density at radius 1 is 1.12 bits per heavy atom. The lowest BCUT2D eigenvalue weighted by Gasteiger charge is -2.14. The highest BCUT2D eigenvalue weighted by molar-refractivity contribution is 5.96. The lowest BCUT2D eigenvalue weighted by molar-refractivity contribution is -0.114. The fourth-order valence-corrected chi connectivity index (χ4v) is 2.57. The molecule has 0 aromatic heterocycles. The van der Waals surface area contributed by atoms with Crippen molar-refractivity contribution in [2.24, 2.45) is 0 Å². The topological polar surface area (TPSA) is 67.4 Å². The van der Waals surface area contributed by atoms with Crippen LogP contribution in [-0.4, -0.2) is 18.9 Å². The maximum Gasteiger partial charge on any atom is 0.251 e. The summed E-state index contributed by atoms with van der Waals surface area (Å²) in [4.78, 5) is 23.5. The predicted molar refractivity (Wildman–Crippen MR) is 99.0 cm³/mol. The average Bonchev–Trinajstić information content (AvgIpc) is 2.59. The second-order valence-electron chi connectivity index (χ2n) is 6.18. The Hall–Kier alpha value is -2.82. The zero-order valence-corrected chi connectivity index (χ0v) is 15.1. The Morgan fingerprint density at radius 3 is 2.52 bits per heavy atom. The van der Waals surface area contributed by atoms with Crippen LogP contribution >= 0.6 is 0 Å². The van der Waals surface area contributed by atoms with Crippen molar-refractivity contribution in [3.05, 3.63) is 59.2 Å². The summed E-state index contributed by atoms with van der Waals surface area (Å²) in [6.45, 7) is 6.07. The van der Waals surface area contributed by atoms with Gasteiger partial charge in [-0.15, -0.1) is 0 Å². The van der Waals surface area contributed by atoms with Crippen LogP contribution in [0, 0.1) is 0 Å². The standard InChI is InChI=1S/C20H24N2O3/c1-13(2)18-10-15(8-9-19(18)25-4)12-21-20(24)16-6-5-7-17(11-16)22-14(3)23/h5-11,13H,12H2,1-4H3,(H,21,24)(H,22,23). The molecule has 0 aliphatic carbocycles. The van der Waals surface area contributed by atoms with Crippen LogP contribution in [0.4, 0.5) is 5.69 Å². The lowest BCUT2D eigenvalue weighted by Crippen LogP contribution is -2.23. The number of rotatable bonds is 6. The van der Waals surface area contributed by atoms with E-state index in [4.69, 9.17) is 4.74 Å². The minimum atomic E-state index is -0.186. The number of amides is 2. The summed E-state index contributed by atoms with van der Waals surface area (Å²) >= 11 is 0. The van der Waals surface area contributed by atoms with Crippen LogP contribution in [0.5, 0.6) is 5.75 Å². The average molecular weight is 340 g/mol. The van der Waals surface area contributed by atoms with Crippen LogP contribution in [0.1, 0.15) is 48.2 Å². The van der Waals surface area contributed by atoms with Gasteiger partial charge in [-0.2, -0.15) is 0 Å². The zero-order chi connectivity index (χ0) is 18.4. The summed E-state index contributed by atoms with van der Waals surface area (Å²) < 4.78 is 5.38. The van der Waals surface area contributed by atoms with E-state index in [1.807, 2.05) is 12.1 Å². The summed E-state index contributed by atoms with van der Waals surface area (Å²) in [7, 11) is 1.66.